The van der Waals surface area contributed by atoms with Crippen molar-refractivity contribution in [3.05, 3.63) is 52.7 Å². The summed E-state index contributed by atoms with van der Waals surface area (Å²) in [5.74, 6) is -0.336. The predicted molar refractivity (Wildman–Crippen MR) is 115 cm³/mol. The maximum absolute atomic E-state index is 11.9. The van der Waals surface area contributed by atoms with Crippen molar-refractivity contribution in [2.75, 3.05) is 6.61 Å². The SMILES string of the molecule is CCCCCOC(=O)c1ncc(C=C(C)C=CC2=C(C)CCCC2(C)C)cn1. The summed E-state index contributed by atoms with van der Waals surface area (Å²) in [5.41, 5.74) is 5.18. The Morgan fingerprint density at radius 1 is 1.25 bits per heavy atom. The van der Waals surface area contributed by atoms with Crippen LogP contribution in [-0.2, 0) is 4.74 Å². The third-order valence-electron chi connectivity index (χ3n) is 5.29. The summed E-state index contributed by atoms with van der Waals surface area (Å²) in [7, 11) is 0. The van der Waals surface area contributed by atoms with Gasteiger partial charge in [-0.05, 0) is 56.6 Å². The Hall–Kier alpha value is -2.23. The van der Waals surface area contributed by atoms with Crippen LogP contribution in [-0.4, -0.2) is 22.5 Å². The smallest absolute Gasteiger partial charge is 0.376 e. The van der Waals surface area contributed by atoms with Crippen molar-refractivity contribution in [2.45, 2.75) is 73.1 Å². The van der Waals surface area contributed by atoms with Crippen molar-refractivity contribution in [3.8, 4) is 0 Å². The largest absolute Gasteiger partial charge is 0.460 e. The molecule has 152 valence electrons. The van der Waals surface area contributed by atoms with Gasteiger partial charge in [-0.25, -0.2) is 14.8 Å². The van der Waals surface area contributed by atoms with E-state index in [0.717, 1.165) is 30.4 Å². The highest BCUT2D eigenvalue weighted by Crippen LogP contribution is 2.40. The third-order valence-corrected chi connectivity index (χ3v) is 5.29. The van der Waals surface area contributed by atoms with Crippen LogP contribution in [0.1, 0.15) is 89.3 Å². The van der Waals surface area contributed by atoms with Crippen LogP contribution in [0.25, 0.3) is 6.08 Å². The molecule has 1 aromatic rings. The summed E-state index contributed by atoms with van der Waals surface area (Å²) in [6, 6.07) is 0. The minimum Gasteiger partial charge on any atom is -0.460 e. The van der Waals surface area contributed by atoms with Crippen molar-refractivity contribution >= 4 is 12.0 Å². The fourth-order valence-corrected chi connectivity index (χ4v) is 3.64. The van der Waals surface area contributed by atoms with E-state index in [2.05, 4.69) is 56.7 Å². The van der Waals surface area contributed by atoms with E-state index >= 15 is 0 Å². The van der Waals surface area contributed by atoms with Crippen molar-refractivity contribution in [3.63, 3.8) is 0 Å². The van der Waals surface area contributed by atoms with E-state index in [1.54, 1.807) is 12.4 Å². The molecule has 0 aromatic carbocycles. The molecule has 4 nitrogen and oxygen atoms in total. The van der Waals surface area contributed by atoms with E-state index in [-0.39, 0.29) is 11.2 Å². The van der Waals surface area contributed by atoms with E-state index in [9.17, 15) is 4.79 Å². The Bertz CT molecular complexity index is 755. The zero-order chi connectivity index (χ0) is 20.6. The summed E-state index contributed by atoms with van der Waals surface area (Å²) < 4.78 is 5.19. The average molecular weight is 383 g/mol. The molecule has 2 rings (SSSR count). The molecule has 1 aliphatic carbocycles. The summed E-state index contributed by atoms with van der Waals surface area (Å²) in [6.07, 6.45) is 16.5. The quantitative estimate of drug-likeness (QED) is 0.300. The summed E-state index contributed by atoms with van der Waals surface area (Å²) in [5, 5.41) is 0. The van der Waals surface area contributed by atoms with Gasteiger partial charge in [0.2, 0.25) is 5.82 Å². The van der Waals surface area contributed by atoms with Gasteiger partial charge in [0.05, 0.1) is 6.61 Å². The Kier molecular flexibility index (Phi) is 8.16. The van der Waals surface area contributed by atoms with Gasteiger partial charge >= 0.3 is 5.97 Å². The maximum atomic E-state index is 11.9. The van der Waals surface area contributed by atoms with Crippen LogP contribution in [0.2, 0.25) is 0 Å². The molecule has 0 saturated heterocycles. The maximum Gasteiger partial charge on any atom is 0.376 e. The Morgan fingerprint density at radius 2 is 1.96 bits per heavy atom. The Morgan fingerprint density at radius 3 is 2.61 bits per heavy atom. The lowest BCUT2D eigenvalue weighted by Gasteiger charge is -2.32. The number of carbonyl (C=O) groups is 1. The first-order valence-corrected chi connectivity index (χ1v) is 10.4. The number of esters is 1. The molecule has 0 atom stereocenters. The van der Waals surface area contributed by atoms with Crippen LogP contribution in [0, 0.1) is 5.41 Å². The lowest BCUT2D eigenvalue weighted by atomic mass is 9.72. The minimum atomic E-state index is -0.454. The van der Waals surface area contributed by atoms with E-state index in [1.165, 1.54) is 30.4 Å². The second kappa shape index (κ2) is 10.4. The lowest BCUT2D eigenvalue weighted by molar-refractivity contribution is 0.0483. The standard InChI is InChI=1S/C24H34N2O2/c1-6-7-8-14-28-23(27)22-25-16-20(17-26-22)15-18(2)11-12-21-19(3)10-9-13-24(21,4)5/h11-12,15-17H,6-10,13-14H2,1-5H3. The first-order valence-electron chi connectivity index (χ1n) is 10.4. The number of hydrogen-bond acceptors (Lipinski definition) is 4. The van der Waals surface area contributed by atoms with E-state index in [0.29, 0.717) is 6.61 Å². The third kappa shape index (κ3) is 6.43. The molecule has 1 aromatic heterocycles. The van der Waals surface area contributed by atoms with Gasteiger partial charge < -0.3 is 4.74 Å². The van der Waals surface area contributed by atoms with Gasteiger partial charge in [0.15, 0.2) is 0 Å². The van der Waals surface area contributed by atoms with Gasteiger partial charge in [-0.15, -0.1) is 0 Å². The lowest BCUT2D eigenvalue weighted by Crippen LogP contribution is -2.19. The van der Waals surface area contributed by atoms with Crippen LogP contribution in [0.4, 0.5) is 0 Å². The zero-order valence-corrected chi connectivity index (χ0v) is 18.0. The molecule has 0 amide bonds. The second-order valence-corrected chi connectivity index (χ2v) is 8.34. The Balaban J connectivity index is 2.00. The summed E-state index contributed by atoms with van der Waals surface area (Å²) in [4.78, 5) is 20.2. The van der Waals surface area contributed by atoms with E-state index in [1.807, 2.05) is 6.08 Å². The molecule has 28 heavy (non-hydrogen) atoms. The van der Waals surface area contributed by atoms with Crippen LogP contribution in [0.15, 0.2) is 41.3 Å². The van der Waals surface area contributed by atoms with Gasteiger partial charge in [0, 0.05) is 18.0 Å². The molecule has 0 aliphatic heterocycles. The van der Waals surface area contributed by atoms with Crippen molar-refractivity contribution in [1.82, 2.24) is 9.97 Å². The monoisotopic (exact) mass is 382 g/mol. The van der Waals surface area contributed by atoms with Gasteiger partial charge in [0.1, 0.15) is 0 Å². The van der Waals surface area contributed by atoms with Crippen LogP contribution >= 0.6 is 0 Å². The highest BCUT2D eigenvalue weighted by Gasteiger charge is 2.26. The number of carbonyl (C=O) groups excluding carboxylic acids is 1. The summed E-state index contributed by atoms with van der Waals surface area (Å²) >= 11 is 0. The summed E-state index contributed by atoms with van der Waals surface area (Å²) in [6.45, 7) is 11.5. The molecule has 0 bridgehead atoms. The molecular weight excluding hydrogens is 348 g/mol. The number of hydrogen-bond donors (Lipinski definition) is 0. The van der Waals surface area contributed by atoms with Gasteiger partial charge in [-0.1, -0.05) is 56.9 Å². The number of nitrogens with zero attached hydrogens (tertiary/aromatic N) is 2. The van der Waals surface area contributed by atoms with Crippen molar-refractivity contribution < 1.29 is 9.53 Å². The molecule has 0 unspecified atom stereocenters. The number of allylic oxidation sites excluding steroid dienone is 5. The first-order chi connectivity index (χ1) is 13.3. The molecule has 0 radical (unpaired) electrons. The van der Waals surface area contributed by atoms with Crippen LogP contribution in [0.3, 0.4) is 0 Å². The van der Waals surface area contributed by atoms with Gasteiger partial charge in [-0.2, -0.15) is 0 Å². The molecule has 1 aliphatic rings. The minimum absolute atomic E-state index is 0.117. The topological polar surface area (TPSA) is 52.1 Å². The number of unbranched alkanes of at least 4 members (excludes halogenated alkanes) is 2. The molecule has 4 heteroatoms. The highest BCUT2D eigenvalue weighted by atomic mass is 16.5. The number of ether oxygens (including phenoxy) is 1. The van der Waals surface area contributed by atoms with Gasteiger partial charge in [0.25, 0.3) is 0 Å². The Labute approximate surface area is 169 Å². The molecule has 0 spiro atoms. The van der Waals surface area contributed by atoms with E-state index in [4.69, 9.17) is 4.74 Å². The second-order valence-electron chi connectivity index (χ2n) is 8.34. The first kappa shape index (κ1) is 22.1. The fourth-order valence-electron chi connectivity index (χ4n) is 3.64. The number of rotatable bonds is 8. The number of aromatic nitrogens is 2. The highest BCUT2D eigenvalue weighted by molar-refractivity contribution is 5.85. The average Bonchev–Trinajstić information content (AvgIpc) is 2.64. The zero-order valence-electron chi connectivity index (χ0n) is 18.0. The van der Waals surface area contributed by atoms with Crippen molar-refractivity contribution in [1.29, 1.82) is 0 Å². The normalized spacial score (nSPS) is 17.2. The van der Waals surface area contributed by atoms with Gasteiger partial charge in [-0.3, -0.25) is 0 Å². The molecule has 0 N–H and O–H groups in total. The van der Waals surface area contributed by atoms with E-state index < -0.39 is 5.97 Å². The molecule has 1 heterocycles. The molecular formula is C24H34N2O2. The fraction of sp³-hybridized carbons (Fsp3) is 0.542. The molecule has 0 fully saturated rings. The van der Waals surface area contributed by atoms with Crippen LogP contribution in [0.5, 0.6) is 0 Å². The van der Waals surface area contributed by atoms with Crippen molar-refractivity contribution in [2.24, 2.45) is 5.41 Å². The predicted octanol–water partition coefficient (Wildman–Crippen LogP) is 6.31. The van der Waals surface area contributed by atoms with Crippen LogP contribution < -0.4 is 0 Å². The molecule has 0 saturated carbocycles.